The molecule has 0 atom stereocenters. The van der Waals surface area contributed by atoms with Gasteiger partial charge in [0, 0.05) is 13.6 Å². The Labute approximate surface area is 159 Å². The predicted octanol–water partition coefficient (Wildman–Crippen LogP) is 4.28. The number of fused-ring (bicyclic) bond motifs is 1. The molecule has 0 fully saturated rings. The number of likely N-dealkylation sites (N-methyl/N-ethyl adjacent to an activating group) is 1. The Hall–Kier alpha value is -3.27. The van der Waals surface area contributed by atoms with Crippen molar-refractivity contribution in [2.75, 3.05) is 13.8 Å². The van der Waals surface area contributed by atoms with Crippen molar-refractivity contribution in [3.05, 3.63) is 83.9 Å². The van der Waals surface area contributed by atoms with Crippen molar-refractivity contribution in [3.63, 3.8) is 0 Å². The number of carbonyl (C=O) groups excluding carboxylic acids is 1. The van der Waals surface area contributed by atoms with E-state index in [9.17, 15) is 4.79 Å². The molecule has 0 aliphatic carbocycles. The second-order valence-corrected chi connectivity index (χ2v) is 6.68. The summed E-state index contributed by atoms with van der Waals surface area (Å²) in [5.74, 6) is 1.58. The molecule has 0 saturated carbocycles. The second kappa shape index (κ2) is 7.54. The fourth-order valence-electron chi connectivity index (χ4n) is 3.16. The SMILES string of the molecule is CN(Cc1ccc2c(c1)OCO2)C(=O)Cc1ccc(-c2ccccc2)cc1. The average molecular weight is 359 g/mol. The van der Waals surface area contributed by atoms with E-state index in [1.807, 2.05) is 55.6 Å². The molecule has 0 aromatic heterocycles. The minimum absolute atomic E-state index is 0.0835. The molecule has 0 unspecified atom stereocenters. The van der Waals surface area contributed by atoms with E-state index in [1.165, 1.54) is 5.56 Å². The lowest BCUT2D eigenvalue weighted by Gasteiger charge is -2.17. The van der Waals surface area contributed by atoms with Crippen molar-refractivity contribution < 1.29 is 14.3 Å². The molecule has 0 bridgehead atoms. The van der Waals surface area contributed by atoms with E-state index < -0.39 is 0 Å². The third-order valence-corrected chi connectivity index (χ3v) is 4.70. The number of rotatable bonds is 5. The monoisotopic (exact) mass is 359 g/mol. The number of hydrogen-bond donors (Lipinski definition) is 0. The highest BCUT2D eigenvalue weighted by Gasteiger charge is 2.15. The highest BCUT2D eigenvalue weighted by Crippen LogP contribution is 2.32. The molecule has 3 aromatic rings. The molecule has 4 rings (SSSR count). The quantitative estimate of drug-likeness (QED) is 0.682. The largest absolute Gasteiger partial charge is 0.454 e. The first-order valence-electron chi connectivity index (χ1n) is 8.96. The van der Waals surface area contributed by atoms with Crippen LogP contribution in [0.2, 0.25) is 0 Å². The Morgan fingerprint density at radius 2 is 1.52 bits per heavy atom. The molecule has 1 heterocycles. The van der Waals surface area contributed by atoms with Crippen LogP contribution in [0, 0.1) is 0 Å². The maximum Gasteiger partial charge on any atom is 0.231 e. The van der Waals surface area contributed by atoms with Crippen LogP contribution in [0.15, 0.2) is 72.8 Å². The van der Waals surface area contributed by atoms with Crippen molar-refractivity contribution in [2.45, 2.75) is 13.0 Å². The van der Waals surface area contributed by atoms with Crippen LogP contribution in [0.4, 0.5) is 0 Å². The summed E-state index contributed by atoms with van der Waals surface area (Å²) in [6.45, 7) is 0.796. The summed E-state index contributed by atoms with van der Waals surface area (Å²) in [7, 11) is 1.82. The standard InChI is InChI=1S/C23H21NO3/c1-24(15-18-9-12-21-22(13-18)27-16-26-21)23(25)14-17-7-10-20(11-8-17)19-5-3-2-4-6-19/h2-13H,14-16H2,1H3. The first-order valence-corrected chi connectivity index (χ1v) is 8.96. The lowest BCUT2D eigenvalue weighted by molar-refractivity contribution is -0.129. The number of carbonyl (C=O) groups is 1. The average Bonchev–Trinajstić information content (AvgIpc) is 3.17. The third-order valence-electron chi connectivity index (χ3n) is 4.70. The van der Waals surface area contributed by atoms with Gasteiger partial charge >= 0.3 is 0 Å². The van der Waals surface area contributed by atoms with E-state index >= 15 is 0 Å². The number of benzene rings is 3. The van der Waals surface area contributed by atoms with Crippen LogP contribution >= 0.6 is 0 Å². The van der Waals surface area contributed by atoms with Crippen LogP contribution in [0.1, 0.15) is 11.1 Å². The Balaban J connectivity index is 1.38. The fourth-order valence-corrected chi connectivity index (χ4v) is 3.16. The van der Waals surface area contributed by atoms with Crippen molar-refractivity contribution in [1.82, 2.24) is 4.90 Å². The smallest absolute Gasteiger partial charge is 0.231 e. The number of amides is 1. The molecule has 4 nitrogen and oxygen atoms in total. The zero-order chi connectivity index (χ0) is 18.6. The molecule has 27 heavy (non-hydrogen) atoms. The van der Waals surface area contributed by atoms with Gasteiger partial charge in [-0.2, -0.15) is 0 Å². The lowest BCUT2D eigenvalue weighted by Crippen LogP contribution is -2.27. The van der Waals surface area contributed by atoms with Crippen LogP contribution in [0.25, 0.3) is 11.1 Å². The minimum Gasteiger partial charge on any atom is -0.454 e. The maximum atomic E-state index is 12.6. The van der Waals surface area contributed by atoms with Crippen molar-refractivity contribution in [3.8, 4) is 22.6 Å². The molecule has 0 radical (unpaired) electrons. The van der Waals surface area contributed by atoms with Gasteiger partial charge in [0.1, 0.15) is 0 Å². The van der Waals surface area contributed by atoms with Crippen LogP contribution in [0.5, 0.6) is 11.5 Å². The Bertz CT molecular complexity index is 936. The van der Waals surface area contributed by atoms with Gasteiger partial charge in [0.15, 0.2) is 11.5 Å². The molecular formula is C23H21NO3. The van der Waals surface area contributed by atoms with Crippen LogP contribution < -0.4 is 9.47 Å². The predicted molar refractivity (Wildman–Crippen MR) is 105 cm³/mol. The van der Waals surface area contributed by atoms with E-state index in [1.54, 1.807) is 4.90 Å². The topological polar surface area (TPSA) is 38.8 Å². The molecule has 0 spiro atoms. The van der Waals surface area contributed by atoms with Gasteiger partial charge in [-0.1, -0.05) is 60.7 Å². The Kier molecular flexibility index (Phi) is 4.79. The molecule has 0 N–H and O–H groups in total. The van der Waals surface area contributed by atoms with Crippen LogP contribution in [0.3, 0.4) is 0 Å². The van der Waals surface area contributed by atoms with Gasteiger partial charge in [-0.05, 0) is 34.4 Å². The summed E-state index contributed by atoms with van der Waals surface area (Å²) in [6.07, 6.45) is 0.385. The fraction of sp³-hybridized carbons (Fsp3) is 0.174. The zero-order valence-corrected chi connectivity index (χ0v) is 15.2. The zero-order valence-electron chi connectivity index (χ0n) is 15.2. The maximum absolute atomic E-state index is 12.6. The summed E-state index contributed by atoms with van der Waals surface area (Å²) in [4.78, 5) is 14.3. The highest BCUT2D eigenvalue weighted by molar-refractivity contribution is 5.79. The van der Waals surface area contributed by atoms with Crippen LogP contribution in [-0.4, -0.2) is 24.6 Å². The van der Waals surface area contributed by atoms with Crippen molar-refractivity contribution in [1.29, 1.82) is 0 Å². The van der Waals surface area contributed by atoms with E-state index in [0.29, 0.717) is 13.0 Å². The number of hydrogen-bond acceptors (Lipinski definition) is 3. The summed E-state index contributed by atoms with van der Waals surface area (Å²) in [5, 5.41) is 0. The van der Waals surface area contributed by atoms with E-state index in [2.05, 4.69) is 24.3 Å². The molecule has 3 aromatic carbocycles. The summed E-state index contributed by atoms with van der Waals surface area (Å²) in [6, 6.07) is 24.2. The number of ether oxygens (including phenoxy) is 2. The van der Waals surface area contributed by atoms with Gasteiger partial charge in [-0.3, -0.25) is 4.79 Å². The summed E-state index contributed by atoms with van der Waals surface area (Å²) in [5.41, 5.74) is 4.36. The minimum atomic E-state index is 0.0835. The van der Waals surface area contributed by atoms with Crippen molar-refractivity contribution >= 4 is 5.91 Å². The van der Waals surface area contributed by atoms with E-state index in [4.69, 9.17) is 9.47 Å². The molecule has 4 heteroatoms. The third kappa shape index (κ3) is 3.95. The molecule has 1 amide bonds. The Morgan fingerprint density at radius 1 is 0.852 bits per heavy atom. The molecule has 1 aliphatic heterocycles. The molecule has 1 aliphatic rings. The normalized spacial score (nSPS) is 12.0. The van der Waals surface area contributed by atoms with Gasteiger partial charge in [0.2, 0.25) is 12.7 Å². The second-order valence-electron chi connectivity index (χ2n) is 6.68. The summed E-state index contributed by atoms with van der Waals surface area (Å²) < 4.78 is 10.7. The number of nitrogens with zero attached hydrogens (tertiary/aromatic N) is 1. The van der Waals surface area contributed by atoms with Crippen molar-refractivity contribution in [2.24, 2.45) is 0 Å². The molecule has 136 valence electrons. The first-order chi connectivity index (χ1) is 13.2. The Morgan fingerprint density at radius 3 is 2.30 bits per heavy atom. The van der Waals surface area contributed by atoms with Gasteiger partial charge in [0.25, 0.3) is 0 Å². The first kappa shape index (κ1) is 17.2. The van der Waals surface area contributed by atoms with E-state index in [-0.39, 0.29) is 12.7 Å². The lowest BCUT2D eigenvalue weighted by atomic mass is 10.0. The van der Waals surface area contributed by atoms with Gasteiger partial charge in [-0.25, -0.2) is 0 Å². The van der Waals surface area contributed by atoms with Gasteiger partial charge < -0.3 is 14.4 Å². The summed E-state index contributed by atoms with van der Waals surface area (Å²) >= 11 is 0. The molecular weight excluding hydrogens is 338 g/mol. The van der Waals surface area contributed by atoms with Crippen LogP contribution in [-0.2, 0) is 17.8 Å². The molecule has 0 saturated heterocycles. The van der Waals surface area contributed by atoms with E-state index in [0.717, 1.165) is 28.2 Å². The van der Waals surface area contributed by atoms with Gasteiger partial charge in [0.05, 0.1) is 6.42 Å². The highest BCUT2D eigenvalue weighted by atomic mass is 16.7. The van der Waals surface area contributed by atoms with Gasteiger partial charge in [-0.15, -0.1) is 0 Å².